The average Bonchev–Trinajstić information content (AvgIpc) is 2.93. The summed E-state index contributed by atoms with van der Waals surface area (Å²) in [5.74, 6) is 0.207. The number of fused-ring (bicyclic) bond motifs is 1. The maximum atomic E-state index is 12.0. The van der Waals surface area contributed by atoms with Crippen LogP contribution in [0.1, 0.15) is 33.0 Å². The number of carbonyl (C=O) groups excluding carboxylic acids is 1. The highest BCUT2D eigenvalue weighted by molar-refractivity contribution is 5.87. The van der Waals surface area contributed by atoms with Gasteiger partial charge in [-0.25, -0.2) is 9.59 Å². The first-order valence-electron chi connectivity index (χ1n) is 7.21. The monoisotopic (exact) mass is 312 g/mol. The summed E-state index contributed by atoms with van der Waals surface area (Å²) in [7, 11) is 0. The van der Waals surface area contributed by atoms with Crippen LogP contribution in [-0.2, 0) is 11.3 Å². The van der Waals surface area contributed by atoms with E-state index in [1.165, 1.54) is 6.07 Å². The van der Waals surface area contributed by atoms with Crippen molar-refractivity contribution in [1.29, 1.82) is 0 Å². The van der Waals surface area contributed by atoms with Gasteiger partial charge in [0.1, 0.15) is 18.0 Å². The number of carbonyl (C=O) groups is 1. The molecular formula is C18H16O5. The summed E-state index contributed by atoms with van der Waals surface area (Å²) in [6.07, 6.45) is 0. The van der Waals surface area contributed by atoms with Crippen LogP contribution < -0.4 is 5.63 Å². The number of esters is 1. The minimum Gasteiger partial charge on any atom is -0.455 e. The second-order valence-electron chi connectivity index (χ2n) is 5.51. The van der Waals surface area contributed by atoms with Crippen LogP contribution in [0.15, 0.2) is 44.0 Å². The molecule has 0 saturated carbocycles. The van der Waals surface area contributed by atoms with E-state index in [0.29, 0.717) is 16.9 Å². The predicted octanol–water partition coefficient (Wildman–Crippen LogP) is 3.67. The van der Waals surface area contributed by atoms with Crippen LogP contribution in [0, 0.1) is 20.8 Å². The number of rotatable bonds is 3. The fourth-order valence-corrected chi connectivity index (χ4v) is 2.36. The van der Waals surface area contributed by atoms with E-state index >= 15 is 0 Å². The number of ether oxygens (including phenoxy) is 1. The zero-order valence-corrected chi connectivity index (χ0v) is 13.1. The molecule has 0 unspecified atom stereocenters. The highest BCUT2D eigenvalue weighted by Gasteiger charge is 2.14. The number of furan rings is 1. The Bertz CT molecular complexity index is 946. The molecule has 118 valence electrons. The molecule has 0 atom stereocenters. The topological polar surface area (TPSA) is 69.7 Å². The lowest BCUT2D eigenvalue weighted by atomic mass is 10.0. The summed E-state index contributed by atoms with van der Waals surface area (Å²) in [4.78, 5) is 23.6. The average molecular weight is 312 g/mol. The van der Waals surface area contributed by atoms with Gasteiger partial charge in [-0.05, 0) is 56.2 Å². The molecule has 0 saturated heterocycles. The third-order valence-electron chi connectivity index (χ3n) is 3.74. The fraction of sp³-hybridized carbons (Fsp3) is 0.222. The molecule has 0 fully saturated rings. The molecule has 2 heterocycles. The molecule has 5 nitrogen and oxygen atoms in total. The Hall–Kier alpha value is -2.82. The van der Waals surface area contributed by atoms with Gasteiger partial charge in [0.15, 0.2) is 0 Å². The normalized spacial score (nSPS) is 10.9. The van der Waals surface area contributed by atoms with Crippen molar-refractivity contribution < 1.29 is 18.4 Å². The van der Waals surface area contributed by atoms with Crippen molar-refractivity contribution in [3.63, 3.8) is 0 Å². The lowest BCUT2D eigenvalue weighted by molar-refractivity contribution is 0.0436. The molecule has 3 aromatic rings. The standard InChI is InChI=1S/C18H16O5/c1-10-6-14-13(8-17(19)23-16(14)7-11(10)2)9-21-18(20)15-5-4-12(3)22-15/h4-8H,9H2,1-3H3. The van der Waals surface area contributed by atoms with Crippen LogP contribution in [-0.4, -0.2) is 5.97 Å². The Morgan fingerprint density at radius 1 is 1.04 bits per heavy atom. The van der Waals surface area contributed by atoms with E-state index in [4.69, 9.17) is 13.6 Å². The molecule has 23 heavy (non-hydrogen) atoms. The van der Waals surface area contributed by atoms with Gasteiger partial charge >= 0.3 is 11.6 Å². The van der Waals surface area contributed by atoms with Crippen LogP contribution in [0.2, 0.25) is 0 Å². The van der Waals surface area contributed by atoms with Crippen molar-refractivity contribution >= 4 is 16.9 Å². The van der Waals surface area contributed by atoms with Gasteiger partial charge < -0.3 is 13.6 Å². The SMILES string of the molecule is Cc1ccc(C(=O)OCc2cc(=O)oc3cc(C)c(C)cc23)o1. The van der Waals surface area contributed by atoms with Crippen LogP contribution in [0.3, 0.4) is 0 Å². The number of hydrogen-bond acceptors (Lipinski definition) is 5. The van der Waals surface area contributed by atoms with Gasteiger partial charge in [-0.1, -0.05) is 0 Å². The van der Waals surface area contributed by atoms with E-state index in [0.717, 1.165) is 16.5 Å². The molecule has 0 aliphatic rings. The highest BCUT2D eigenvalue weighted by Crippen LogP contribution is 2.22. The van der Waals surface area contributed by atoms with Gasteiger partial charge in [0.25, 0.3) is 0 Å². The van der Waals surface area contributed by atoms with Crippen molar-refractivity contribution in [2.24, 2.45) is 0 Å². The van der Waals surface area contributed by atoms with Gasteiger partial charge in [-0.3, -0.25) is 0 Å². The number of benzene rings is 1. The zero-order valence-electron chi connectivity index (χ0n) is 13.1. The molecule has 3 rings (SSSR count). The largest absolute Gasteiger partial charge is 0.455 e. The second kappa shape index (κ2) is 5.76. The van der Waals surface area contributed by atoms with Crippen molar-refractivity contribution in [1.82, 2.24) is 0 Å². The van der Waals surface area contributed by atoms with Crippen molar-refractivity contribution in [3.05, 3.63) is 69.0 Å². The van der Waals surface area contributed by atoms with Crippen molar-refractivity contribution in [2.45, 2.75) is 27.4 Å². The van der Waals surface area contributed by atoms with Gasteiger partial charge in [0.2, 0.25) is 5.76 Å². The molecule has 0 N–H and O–H groups in total. The first-order valence-corrected chi connectivity index (χ1v) is 7.21. The Morgan fingerprint density at radius 2 is 1.78 bits per heavy atom. The molecule has 0 aliphatic carbocycles. The van der Waals surface area contributed by atoms with Crippen molar-refractivity contribution in [2.75, 3.05) is 0 Å². The van der Waals surface area contributed by atoms with Crippen LogP contribution >= 0.6 is 0 Å². The third-order valence-corrected chi connectivity index (χ3v) is 3.74. The summed E-state index contributed by atoms with van der Waals surface area (Å²) in [6.45, 7) is 5.64. The molecule has 5 heteroatoms. The van der Waals surface area contributed by atoms with Gasteiger partial charge in [0.05, 0.1) is 0 Å². The van der Waals surface area contributed by atoms with E-state index in [1.54, 1.807) is 19.1 Å². The molecule has 0 amide bonds. The van der Waals surface area contributed by atoms with E-state index < -0.39 is 11.6 Å². The van der Waals surface area contributed by atoms with Gasteiger partial charge in [-0.15, -0.1) is 0 Å². The Morgan fingerprint density at radius 3 is 2.48 bits per heavy atom. The Kier molecular flexibility index (Phi) is 3.78. The first-order chi connectivity index (χ1) is 10.9. The zero-order chi connectivity index (χ0) is 16.6. The summed E-state index contributed by atoms with van der Waals surface area (Å²) in [5, 5.41) is 0.760. The fourth-order valence-electron chi connectivity index (χ4n) is 2.36. The van der Waals surface area contributed by atoms with E-state index in [1.807, 2.05) is 26.0 Å². The second-order valence-corrected chi connectivity index (χ2v) is 5.51. The molecule has 0 aliphatic heterocycles. The van der Waals surface area contributed by atoms with E-state index in [-0.39, 0.29) is 12.4 Å². The summed E-state index contributed by atoms with van der Waals surface area (Å²) in [5.41, 5.74) is 2.72. The molecule has 0 radical (unpaired) electrons. The minimum absolute atomic E-state index is 0.0246. The lowest BCUT2D eigenvalue weighted by Gasteiger charge is -2.08. The predicted molar refractivity (Wildman–Crippen MR) is 84.5 cm³/mol. The molecule has 0 spiro atoms. The lowest BCUT2D eigenvalue weighted by Crippen LogP contribution is -2.07. The van der Waals surface area contributed by atoms with E-state index in [9.17, 15) is 9.59 Å². The molecule has 1 aromatic carbocycles. The first kappa shape index (κ1) is 15.1. The smallest absolute Gasteiger partial charge is 0.374 e. The summed E-state index contributed by atoms with van der Waals surface area (Å²) < 4.78 is 15.7. The maximum absolute atomic E-state index is 12.0. The summed E-state index contributed by atoms with van der Waals surface area (Å²) in [6, 6.07) is 8.33. The Balaban J connectivity index is 1.92. The number of hydrogen-bond donors (Lipinski definition) is 0. The van der Waals surface area contributed by atoms with Gasteiger partial charge in [-0.2, -0.15) is 0 Å². The molecule has 0 bridgehead atoms. The quantitative estimate of drug-likeness (QED) is 0.545. The Labute approximate surface area is 132 Å². The number of aryl methyl sites for hydroxylation is 3. The van der Waals surface area contributed by atoms with Crippen LogP contribution in [0.4, 0.5) is 0 Å². The van der Waals surface area contributed by atoms with Crippen molar-refractivity contribution in [3.8, 4) is 0 Å². The molecule has 2 aromatic heterocycles. The van der Waals surface area contributed by atoms with Crippen LogP contribution in [0.25, 0.3) is 11.0 Å². The highest BCUT2D eigenvalue weighted by atomic mass is 16.5. The van der Waals surface area contributed by atoms with Crippen LogP contribution in [0.5, 0.6) is 0 Å². The minimum atomic E-state index is -0.566. The van der Waals surface area contributed by atoms with Gasteiger partial charge in [0, 0.05) is 17.0 Å². The summed E-state index contributed by atoms with van der Waals surface area (Å²) >= 11 is 0. The van der Waals surface area contributed by atoms with E-state index in [2.05, 4.69) is 0 Å². The third kappa shape index (κ3) is 3.04. The molecular weight excluding hydrogens is 296 g/mol. The maximum Gasteiger partial charge on any atom is 0.374 e.